The molecule has 2 N–H and O–H groups in total. The fourth-order valence-electron chi connectivity index (χ4n) is 3.95. The number of rotatable bonds is 4. The largest absolute Gasteiger partial charge is 0.478 e. The van der Waals surface area contributed by atoms with Gasteiger partial charge in [0.25, 0.3) is 5.91 Å². The van der Waals surface area contributed by atoms with Crippen molar-refractivity contribution in [1.82, 2.24) is 10.2 Å². The van der Waals surface area contributed by atoms with Crippen LogP contribution in [0.2, 0.25) is 0 Å². The third-order valence-electron chi connectivity index (χ3n) is 5.39. The van der Waals surface area contributed by atoms with Gasteiger partial charge in [-0.2, -0.15) is 5.10 Å². The van der Waals surface area contributed by atoms with E-state index in [0.29, 0.717) is 11.4 Å². The first-order chi connectivity index (χ1) is 15.0. The van der Waals surface area contributed by atoms with Crippen molar-refractivity contribution in [2.24, 2.45) is 0 Å². The van der Waals surface area contributed by atoms with Gasteiger partial charge in [-0.25, -0.2) is 4.79 Å². The number of carbonyl (C=O) groups excluding carboxylic acids is 1. The van der Waals surface area contributed by atoms with Crippen molar-refractivity contribution in [1.29, 1.82) is 0 Å². The minimum absolute atomic E-state index is 0.167. The van der Waals surface area contributed by atoms with Crippen LogP contribution < -0.4 is 4.90 Å². The molecule has 7 heteroatoms. The summed E-state index contributed by atoms with van der Waals surface area (Å²) in [5.74, 6) is -1.22. The third-order valence-corrected chi connectivity index (χ3v) is 5.92. The zero-order valence-corrected chi connectivity index (χ0v) is 17.7. The summed E-state index contributed by atoms with van der Waals surface area (Å²) in [6.45, 7) is 0. The lowest BCUT2D eigenvalue weighted by molar-refractivity contribution is 0.0696. The molecular formula is C24H16BrN3O3. The summed E-state index contributed by atoms with van der Waals surface area (Å²) in [5, 5.41) is 16.6. The Morgan fingerprint density at radius 2 is 1.65 bits per heavy atom. The predicted molar refractivity (Wildman–Crippen MR) is 120 cm³/mol. The van der Waals surface area contributed by atoms with Crippen LogP contribution in [0.3, 0.4) is 0 Å². The van der Waals surface area contributed by atoms with Gasteiger partial charge in [-0.1, -0.05) is 58.4 Å². The molecule has 152 valence electrons. The maximum absolute atomic E-state index is 13.4. The molecule has 5 rings (SSSR count). The second-order valence-electron chi connectivity index (χ2n) is 7.21. The Labute approximate surface area is 186 Å². The summed E-state index contributed by atoms with van der Waals surface area (Å²) >= 11 is 3.47. The van der Waals surface area contributed by atoms with Crippen molar-refractivity contribution in [3.63, 3.8) is 0 Å². The zero-order chi connectivity index (χ0) is 21.5. The van der Waals surface area contributed by atoms with Gasteiger partial charge < -0.3 is 5.11 Å². The number of benzene rings is 3. The summed E-state index contributed by atoms with van der Waals surface area (Å²) in [5.41, 5.74) is 4.60. The number of aromatic carboxylic acids is 1. The minimum atomic E-state index is -1.01. The van der Waals surface area contributed by atoms with Gasteiger partial charge >= 0.3 is 5.97 Å². The summed E-state index contributed by atoms with van der Waals surface area (Å²) in [6.07, 6.45) is 0. The molecule has 1 atom stereocenters. The number of halogens is 1. The highest BCUT2D eigenvalue weighted by molar-refractivity contribution is 9.10. The third kappa shape index (κ3) is 3.23. The Bertz CT molecular complexity index is 1280. The molecule has 1 unspecified atom stereocenters. The number of anilines is 1. The molecule has 1 aromatic heterocycles. The summed E-state index contributed by atoms with van der Waals surface area (Å²) in [4.78, 5) is 26.4. The van der Waals surface area contributed by atoms with Crippen LogP contribution in [0.15, 0.2) is 83.3 Å². The first-order valence-corrected chi connectivity index (χ1v) is 10.4. The van der Waals surface area contributed by atoms with Gasteiger partial charge in [0.2, 0.25) is 0 Å². The highest BCUT2D eigenvalue weighted by atomic mass is 79.9. The molecule has 4 aromatic rings. The van der Waals surface area contributed by atoms with Gasteiger partial charge in [-0.15, -0.1) is 0 Å². The number of amides is 1. The molecule has 1 aliphatic rings. The van der Waals surface area contributed by atoms with Crippen molar-refractivity contribution in [2.75, 3.05) is 4.90 Å². The van der Waals surface area contributed by atoms with Crippen molar-refractivity contribution in [3.8, 4) is 11.3 Å². The average Bonchev–Trinajstić information content (AvgIpc) is 3.34. The fraction of sp³-hybridized carbons (Fsp3) is 0.0417. The van der Waals surface area contributed by atoms with Crippen molar-refractivity contribution in [2.45, 2.75) is 6.04 Å². The summed E-state index contributed by atoms with van der Waals surface area (Å²) in [6, 6.07) is 23.5. The Morgan fingerprint density at radius 3 is 2.29 bits per heavy atom. The highest BCUT2D eigenvalue weighted by Gasteiger charge is 2.43. The molecule has 2 heterocycles. The number of carboxylic acid groups (broad SMARTS) is 1. The lowest BCUT2D eigenvalue weighted by atomic mass is 9.96. The van der Waals surface area contributed by atoms with Crippen molar-refractivity contribution < 1.29 is 14.7 Å². The summed E-state index contributed by atoms with van der Waals surface area (Å²) < 4.78 is 0.939. The Morgan fingerprint density at radius 1 is 0.968 bits per heavy atom. The van der Waals surface area contributed by atoms with Crippen LogP contribution in [0, 0.1) is 0 Å². The molecule has 0 fully saturated rings. The molecular weight excluding hydrogens is 458 g/mol. The van der Waals surface area contributed by atoms with Crippen LogP contribution in [0.25, 0.3) is 11.3 Å². The molecule has 0 bridgehead atoms. The monoisotopic (exact) mass is 473 g/mol. The first kappa shape index (κ1) is 19.3. The smallest absolute Gasteiger partial charge is 0.335 e. The van der Waals surface area contributed by atoms with Crippen molar-refractivity contribution >= 4 is 33.5 Å². The van der Waals surface area contributed by atoms with E-state index in [1.165, 1.54) is 12.1 Å². The van der Waals surface area contributed by atoms with Gasteiger partial charge in [0.1, 0.15) is 5.69 Å². The van der Waals surface area contributed by atoms with E-state index in [0.717, 1.165) is 26.9 Å². The molecule has 6 nitrogen and oxygen atoms in total. The van der Waals surface area contributed by atoms with Crippen LogP contribution in [0.5, 0.6) is 0 Å². The number of H-pyrrole nitrogens is 1. The van der Waals surface area contributed by atoms with E-state index in [9.17, 15) is 14.7 Å². The van der Waals surface area contributed by atoms with Gasteiger partial charge in [0, 0.05) is 21.3 Å². The van der Waals surface area contributed by atoms with E-state index in [4.69, 9.17) is 0 Å². The Balaban J connectivity index is 1.69. The van der Waals surface area contributed by atoms with E-state index in [2.05, 4.69) is 26.1 Å². The maximum atomic E-state index is 13.4. The van der Waals surface area contributed by atoms with Crippen molar-refractivity contribution in [3.05, 3.63) is 106 Å². The predicted octanol–water partition coefficient (Wildman–Crippen LogP) is 5.29. The lowest BCUT2D eigenvalue weighted by Crippen LogP contribution is -2.29. The Hall–Kier alpha value is -3.71. The Kier molecular flexibility index (Phi) is 4.67. The lowest BCUT2D eigenvalue weighted by Gasteiger charge is -2.26. The van der Waals surface area contributed by atoms with Crippen LogP contribution in [-0.2, 0) is 0 Å². The first-order valence-electron chi connectivity index (χ1n) is 9.60. The van der Waals surface area contributed by atoms with Gasteiger partial charge in [-0.3, -0.25) is 14.8 Å². The van der Waals surface area contributed by atoms with Gasteiger partial charge in [-0.05, 0) is 42.0 Å². The van der Waals surface area contributed by atoms with Crippen LogP contribution >= 0.6 is 15.9 Å². The van der Waals surface area contributed by atoms with E-state index < -0.39 is 12.0 Å². The quantitative estimate of drug-likeness (QED) is 0.421. The number of fused-ring (bicyclic) bond motifs is 1. The normalized spacial score (nSPS) is 15.2. The number of aromatic nitrogens is 2. The standard InChI is InChI=1S/C24H16BrN3O3/c25-17-10-6-15(7-11-17)22-19-20(14-4-2-1-3-5-14)26-27-21(19)23(29)28(22)18-12-8-16(9-13-18)24(30)31/h1-13,22H,(H,26,27)(H,30,31). The SMILES string of the molecule is O=C(O)c1ccc(N2C(=O)c3[nH]nc(-c4ccccc4)c3C2c2ccc(Br)cc2)cc1. The molecule has 1 amide bonds. The number of carbonyl (C=O) groups is 2. The topological polar surface area (TPSA) is 86.3 Å². The number of hydrogen-bond acceptors (Lipinski definition) is 3. The molecule has 3 aromatic carbocycles. The number of nitrogens with zero attached hydrogens (tertiary/aromatic N) is 2. The molecule has 0 aliphatic carbocycles. The highest BCUT2D eigenvalue weighted by Crippen LogP contribution is 2.45. The number of aromatic amines is 1. The van der Waals surface area contributed by atoms with E-state index in [-0.39, 0.29) is 11.5 Å². The van der Waals surface area contributed by atoms with E-state index in [1.54, 1.807) is 17.0 Å². The summed E-state index contributed by atoms with van der Waals surface area (Å²) in [7, 11) is 0. The second kappa shape index (κ2) is 7.52. The van der Waals surface area contributed by atoms with Gasteiger partial charge in [0.15, 0.2) is 0 Å². The van der Waals surface area contributed by atoms with Crippen LogP contribution in [-0.4, -0.2) is 27.2 Å². The fourth-order valence-corrected chi connectivity index (χ4v) is 4.22. The molecule has 0 saturated heterocycles. The molecule has 0 spiro atoms. The molecule has 0 radical (unpaired) electrons. The maximum Gasteiger partial charge on any atom is 0.335 e. The molecule has 1 aliphatic heterocycles. The average molecular weight is 474 g/mol. The number of hydrogen-bond donors (Lipinski definition) is 2. The van der Waals surface area contributed by atoms with Gasteiger partial charge in [0.05, 0.1) is 17.3 Å². The molecule has 31 heavy (non-hydrogen) atoms. The minimum Gasteiger partial charge on any atom is -0.478 e. The second-order valence-corrected chi connectivity index (χ2v) is 8.12. The van der Waals surface area contributed by atoms with E-state index in [1.807, 2.05) is 54.6 Å². The van der Waals surface area contributed by atoms with Crippen LogP contribution in [0.4, 0.5) is 5.69 Å². The van der Waals surface area contributed by atoms with Crippen LogP contribution in [0.1, 0.15) is 38.0 Å². The number of carboxylic acids is 1. The zero-order valence-electron chi connectivity index (χ0n) is 16.1. The number of nitrogens with one attached hydrogen (secondary N) is 1. The molecule has 0 saturated carbocycles. The van der Waals surface area contributed by atoms with E-state index >= 15 is 0 Å².